The number of rotatable bonds is 2. The Kier molecular flexibility index (Phi) is 8.05. The third-order valence-corrected chi connectivity index (χ3v) is 3.88. The Morgan fingerprint density at radius 3 is 2.09 bits per heavy atom. The Balaban J connectivity index is 0.000000276. The quantitative estimate of drug-likeness (QED) is 0.768. The molecule has 1 aromatic rings. The van der Waals surface area contributed by atoms with Gasteiger partial charge in [-0.25, -0.2) is 0 Å². The van der Waals surface area contributed by atoms with E-state index in [1.54, 1.807) is 0 Å². The molecule has 0 amide bonds. The molecule has 2 saturated carbocycles. The minimum absolute atomic E-state index is 0. The van der Waals surface area contributed by atoms with Crippen molar-refractivity contribution in [3.05, 3.63) is 93.8 Å². The van der Waals surface area contributed by atoms with Gasteiger partial charge in [-0.1, -0.05) is 0 Å². The van der Waals surface area contributed by atoms with Crippen LogP contribution in [0.2, 0.25) is 0 Å². The Morgan fingerprint density at radius 1 is 0.957 bits per heavy atom. The second kappa shape index (κ2) is 9.78. The molecule has 2 aliphatic carbocycles. The van der Waals surface area contributed by atoms with Crippen molar-refractivity contribution in [2.24, 2.45) is 0 Å². The molecule has 118 valence electrons. The Hall–Kier alpha value is -0.411. The van der Waals surface area contributed by atoms with Crippen LogP contribution in [0.3, 0.4) is 0 Å². The van der Waals surface area contributed by atoms with Gasteiger partial charge in [-0.05, 0) is 81.9 Å². The molecule has 3 nitrogen and oxygen atoms in total. The van der Waals surface area contributed by atoms with Crippen LogP contribution in [0.15, 0.2) is 24.5 Å². The molecular formula is C19H20FeN2O+2. The first-order valence-electron chi connectivity index (χ1n) is 7.52. The summed E-state index contributed by atoms with van der Waals surface area (Å²) in [6.45, 7) is 0. The monoisotopic (exact) mass is 348 g/mol. The van der Waals surface area contributed by atoms with Crippen LogP contribution >= 0.6 is 0 Å². The van der Waals surface area contributed by atoms with Gasteiger partial charge in [-0.2, -0.15) is 5.06 Å². The fraction of sp³-hybridized carbons (Fsp3) is 0.211. The van der Waals surface area contributed by atoms with E-state index in [0.29, 0.717) is 6.04 Å². The number of hydroxylamine groups is 2. The summed E-state index contributed by atoms with van der Waals surface area (Å²) in [4.78, 5) is 9.92. The summed E-state index contributed by atoms with van der Waals surface area (Å²) in [5.41, 5.74) is 1.20. The first kappa shape index (κ1) is 18.9. The minimum atomic E-state index is 0. The SMILES string of the molecule is CN1OC(c2ccncc2)CC1[C]1[CH][CH][CH][CH]1.[CH]1[CH][CH][CH][CH]1.[Fe+2]. The van der Waals surface area contributed by atoms with Gasteiger partial charge < -0.3 is 0 Å². The first-order valence-corrected chi connectivity index (χ1v) is 7.52. The molecule has 0 spiro atoms. The summed E-state index contributed by atoms with van der Waals surface area (Å²) in [5, 5.41) is 1.96. The van der Waals surface area contributed by atoms with Crippen LogP contribution in [-0.2, 0) is 21.9 Å². The molecule has 2 heterocycles. The topological polar surface area (TPSA) is 25.4 Å². The second-order valence-electron chi connectivity index (χ2n) is 5.35. The summed E-state index contributed by atoms with van der Waals surface area (Å²) in [5.74, 6) is 1.32. The first-order chi connectivity index (χ1) is 10.8. The largest absolute Gasteiger partial charge is 2.00 e. The summed E-state index contributed by atoms with van der Waals surface area (Å²) in [6, 6.07) is 4.39. The number of pyridine rings is 1. The molecule has 0 bridgehead atoms. The molecule has 4 rings (SSSR count). The van der Waals surface area contributed by atoms with Crippen molar-refractivity contribution < 1.29 is 21.9 Å². The van der Waals surface area contributed by atoms with Gasteiger partial charge in [0.25, 0.3) is 0 Å². The van der Waals surface area contributed by atoms with Gasteiger partial charge in [0.1, 0.15) is 6.10 Å². The number of hydrogen-bond acceptors (Lipinski definition) is 3. The Labute approximate surface area is 151 Å². The van der Waals surface area contributed by atoms with Gasteiger partial charge in [-0.15, -0.1) is 0 Å². The fourth-order valence-electron chi connectivity index (χ4n) is 2.72. The molecule has 0 N–H and O–H groups in total. The van der Waals surface area contributed by atoms with E-state index >= 15 is 0 Å². The maximum absolute atomic E-state index is 5.89. The van der Waals surface area contributed by atoms with E-state index in [9.17, 15) is 0 Å². The molecule has 10 radical (unpaired) electrons. The molecular weight excluding hydrogens is 328 g/mol. The normalized spacial score (nSPS) is 28.2. The summed E-state index contributed by atoms with van der Waals surface area (Å²) in [6.07, 6.45) is 23.2. The van der Waals surface area contributed by atoms with Crippen molar-refractivity contribution in [2.75, 3.05) is 7.05 Å². The molecule has 1 aromatic heterocycles. The molecule has 0 aromatic carbocycles. The summed E-state index contributed by atoms with van der Waals surface area (Å²) >= 11 is 0. The van der Waals surface area contributed by atoms with E-state index in [0.717, 1.165) is 6.42 Å². The zero-order valence-corrected chi connectivity index (χ0v) is 14.1. The molecule has 3 fully saturated rings. The minimum Gasteiger partial charge on any atom is -0.291 e. The van der Waals surface area contributed by atoms with Crippen molar-refractivity contribution in [2.45, 2.75) is 18.6 Å². The predicted octanol–water partition coefficient (Wildman–Crippen LogP) is 3.18. The van der Waals surface area contributed by atoms with Gasteiger partial charge in [0, 0.05) is 31.4 Å². The molecule has 2 atom stereocenters. The van der Waals surface area contributed by atoms with Crippen molar-refractivity contribution >= 4 is 0 Å². The van der Waals surface area contributed by atoms with E-state index in [-0.39, 0.29) is 23.2 Å². The van der Waals surface area contributed by atoms with E-state index < -0.39 is 0 Å². The van der Waals surface area contributed by atoms with Gasteiger partial charge in [0.05, 0.1) is 0 Å². The predicted molar refractivity (Wildman–Crippen MR) is 86.2 cm³/mol. The smallest absolute Gasteiger partial charge is 0.291 e. The van der Waals surface area contributed by atoms with Crippen LogP contribution in [0, 0.1) is 63.7 Å². The van der Waals surface area contributed by atoms with E-state index in [1.807, 2.05) is 68.7 Å². The Bertz CT molecular complexity index is 425. The van der Waals surface area contributed by atoms with Crippen LogP contribution in [0.25, 0.3) is 0 Å². The number of aromatic nitrogens is 1. The standard InChI is InChI=1S/C14H15N2O.C5H5.Fe/c1-16-13(11-4-2-3-5-11)10-14(17-16)12-6-8-15-9-7-12;1-2-4-5-3-1;/h2-9,13-14H,10H2,1H3;1-5H;/q;;+2. The molecule has 4 heteroatoms. The maximum Gasteiger partial charge on any atom is 2.00 e. The van der Waals surface area contributed by atoms with Crippen LogP contribution in [0.5, 0.6) is 0 Å². The van der Waals surface area contributed by atoms with Crippen molar-refractivity contribution in [3.63, 3.8) is 0 Å². The average molecular weight is 348 g/mol. The molecule has 1 saturated heterocycles. The third-order valence-electron chi connectivity index (χ3n) is 3.88. The molecule has 1 aliphatic heterocycles. The van der Waals surface area contributed by atoms with Gasteiger partial charge in [-0.3, -0.25) is 9.82 Å². The second-order valence-corrected chi connectivity index (χ2v) is 5.35. The van der Waals surface area contributed by atoms with Crippen molar-refractivity contribution in [3.8, 4) is 0 Å². The van der Waals surface area contributed by atoms with Gasteiger partial charge >= 0.3 is 17.1 Å². The molecule has 3 aliphatic rings. The summed E-state index contributed by atoms with van der Waals surface area (Å²) in [7, 11) is 2.00. The van der Waals surface area contributed by atoms with Crippen molar-refractivity contribution in [1.29, 1.82) is 0 Å². The maximum atomic E-state index is 5.89. The van der Waals surface area contributed by atoms with E-state index in [2.05, 4.69) is 30.7 Å². The van der Waals surface area contributed by atoms with E-state index in [4.69, 9.17) is 4.84 Å². The molecule has 2 unspecified atom stereocenters. The summed E-state index contributed by atoms with van der Waals surface area (Å²) < 4.78 is 0. The zero-order chi connectivity index (χ0) is 15.2. The number of hydrogen-bond donors (Lipinski definition) is 0. The van der Waals surface area contributed by atoms with Crippen molar-refractivity contribution in [1.82, 2.24) is 10.0 Å². The van der Waals surface area contributed by atoms with Crippen LogP contribution in [-0.4, -0.2) is 23.1 Å². The van der Waals surface area contributed by atoms with E-state index in [1.165, 1.54) is 11.5 Å². The Morgan fingerprint density at radius 2 is 1.52 bits per heavy atom. The van der Waals surface area contributed by atoms with Crippen LogP contribution in [0.1, 0.15) is 18.1 Å². The third kappa shape index (κ3) is 5.29. The van der Waals surface area contributed by atoms with Crippen LogP contribution in [0.4, 0.5) is 0 Å². The van der Waals surface area contributed by atoms with Gasteiger partial charge in [0.2, 0.25) is 0 Å². The average Bonchev–Trinajstić information content (AvgIpc) is 3.31. The van der Waals surface area contributed by atoms with Gasteiger partial charge in [0.15, 0.2) is 0 Å². The zero-order valence-electron chi connectivity index (χ0n) is 13.0. The molecule has 23 heavy (non-hydrogen) atoms. The number of nitrogens with zero attached hydrogens (tertiary/aromatic N) is 2. The van der Waals surface area contributed by atoms with Crippen LogP contribution < -0.4 is 0 Å². The fourth-order valence-corrected chi connectivity index (χ4v) is 2.72.